The average molecular weight is 262 g/mol. The van der Waals surface area contributed by atoms with Crippen LogP contribution in [-0.4, -0.2) is 10.9 Å². The molecule has 0 saturated carbocycles. The molecule has 0 fully saturated rings. The first-order valence-corrected chi connectivity index (χ1v) is 5.78. The number of carbonyl (C=O) groups is 1. The Bertz CT molecular complexity index is 554. The third kappa shape index (κ3) is 2.99. The Morgan fingerprint density at radius 1 is 1.28 bits per heavy atom. The first kappa shape index (κ1) is 12.4. The normalized spacial score (nSPS) is 10.1. The van der Waals surface area contributed by atoms with E-state index >= 15 is 0 Å². The summed E-state index contributed by atoms with van der Waals surface area (Å²) in [6.07, 6.45) is 1.61. The molecule has 0 unspecified atom stereocenters. The largest absolute Gasteiger partial charge is 0.365 e. The number of amides is 1. The third-order valence-electron chi connectivity index (χ3n) is 2.45. The number of aromatic nitrogens is 1. The van der Waals surface area contributed by atoms with E-state index in [0.29, 0.717) is 22.9 Å². The number of nitrogens with two attached hydrogens (primary N) is 1. The molecule has 1 amide bonds. The second kappa shape index (κ2) is 5.51. The lowest BCUT2D eigenvalue weighted by Gasteiger charge is -2.08. The van der Waals surface area contributed by atoms with Gasteiger partial charge in [0.25, 0.3) is 5.91 Å². The molecule has 0 spiro atoms. The summed E-state index contributed by atoms with van der Waals surface area (Å²) in [4.78, 5) is 15.3. The van der Waals surface area contributed by atoms with Gasteiger partial charge in [0.1, 0.15) is 5.82 Å². The highest BCUT2D eigenvalue weighted by atomic mass is 35.5. The van der Waals surface area contributed by atoms with Crippen molar-refractivity contribution in [1.29, 1.82) is 0 Å². The number of benzene rings is 1. The first-order chi connectivity index (χ1) is 8.66. The van der Waals surface area contributed by atoms with Crippen LogP contribution < -0.4 is 11.1 Å². The Morgan fingerprint density at radius 2 is 2.00 bits per heavy atom. The molecule has 0 bridgehead atoms. The van der Waals surface area contributed by atoms with Gasteiger partial charge in [-0.2, -0.15) is 0 Å². The quantitative estimate of drug-likeness (QED) is 0.888. The predicted molar refractivity (Wildman–Crippen MR) is 71.5 cm³/mol. The molecule has 1 aromatic heterocycles. The summed E-state index contributed by atoms with van der Waals surface area (Å²) >= 11 is 5.80. The maximum absolute atomic E-state index is 11.2. The summed E-state index contributed by atoms with van der Waals surface area (Å²) in [6, 6.07) is 10.7. The fourth-order valence-electron chi connectivity index (χ4n) is 1.53. The van der Waals surface area contributed by atoms with Gasteiger partial charge in [-0.25, -0.2) is 4.98 Å². The van der Waals surface area contributed by atoms with Crippen molar-refractivity contribution in [2.24, 2.45) is 5.73 Å². The van der Waals surface area contributed by atoms with E-state index in [1.165, 1.54) is 0 Å². The maximum atomic E-state index is 11.2. The third-order valence-corrected chi connectivity index (χ3v) is 2.70. The number of hydrogen-bond donors (Lipinski definition) is 2. The van der Waals surface area contributed by atoms with Crippen LogP contribution in [0.2, 0.25) is 5.02 Å². The van der Waals surface area contributed by atoms with E-state index < -0.39 is 5.91 Å². The predicted octanol–water partition coefficient (Wildman–Crippen LogP) is 2.45. The van der Waals surface area contributed by atoms with E-state index in [9.17, 15) is 4.79 Å². The summed E-state index contributed by atoms with van der Waals surface area (Å²) < 4.78 is 0. The molecule has 4 nitrogen and oxygen atoms in total. The van der Waals surface area contributed by atoms with Gasteiger partial charge >= 0.3 is 0 Å². The summed E-state index contributed by atoms with van der Waals surface area (Å²) in [5.41, 5.74) is 6.69. The molecule has 1 heterocycles. The molecule has 2 aromatic rings. The molecular weight excluding hydrogens is 250 g/mol. The van der Waals surface area contributed by atoms with Gasteiger partial charge in [0, 0.05) is 17.8 Å². The fraction of sp³-hybridized carbons (Fsp3) is 0.0769. The highest BCUT2D eigenvalue weighted by Gasteiger charge is 2.07. The zero-order valence-electron chi connectivity index (χ0n) is 9.56. The molecule has 3 N–H and O–H groups in total. The molecular formula is C13H12ClN3O. The molecule has 0 radical (unpaired) electrons. The van der Waals surface area contributed by atoms with Gasteiger partial charge in [0.2, 0.25) is 0 Å². The molecule has 5 heteroatoms. The van der Waals surface area contributed by atoms with E-state index in [0.717, 1.165) is 5.56 Å². The second-order valence-corrected chi connectivity index (χ2v) is 4.18. The summed E-state index contributed by atoms with van der Waals surface area (Å²) in [6.45, 7) is 0.550. The van der Waals surface area contributed by atoms with Gasteiger partial charge in [0.05, 0.1) is 5.56 Å². The molecule has 1 aromatic carbocycles. The average Bonchev–Trinajstić information content (AvgIpc) is 2.38. The van der Waals surface area contributed by atoms with Gasteiger partial charge in [-0.1, -0.05) is 23.7 Å². The highest BCUT2D eigenvalue weighted by Crippen LogP contribution is 2.14. The number of nitrogens with one attached hydrogen (secondary N) is 1. The monoisotopic (exact) mass is 261 g/mol. The number of nitrogens with zero attached hydrogens (tertiary/aromatic N) is 1. The van der Waals surface area contributed by atoms with E-state index in [1.54, 1.807) is 18.3 Å². The molecule has 0 atom stereocenters. The Kier molecular flexibility index (Phi) is 3.79. The van der Waals surface area contributed by atoms with Crippen molar-refractivity contribution in [2.45, 2.75) is 6.54 Å². The van der Waals surface area contributed by atoms with E-state index in [1.807, 2.05) is 24.3 Å². The standard InChI is InChI=1S/C13H12ClN3O/c14-10-5-3-9(4-6-10)8-17-13-11(12(15)18)2-1-7-16-13/h1-7H,8H2,(H2,15,18)(H,16,17). The topological polar surface area (TPSA) is 68.0 Å². The first-order valence-electron chi connectivity index (χ1n) is 5.40. The minimum Gasteiger partial charge on any atom is -0.365 e. The molecule has 0 aliphatic rings. The highest BCUT2D eigenvalue weighted by molar-refractivity contribution is 6.30. The van der Waals surface area contributed by atoms with Gasteiger partial charge in [-0.3, -0.25) is 4.79 Å². The van der Waals surface area contributed by atoms with Crippen LogP contribution in [0, 0.1) is 0 Å². The van der Waals surface area contributed by atoms with Crippen LogP contribution in [0.4, 0.5) is 5.82 Å². The van der Waals surface area contributed by atoms with Crippen molar-refractivity contribution >= 4 is 23.3 Å². The SMILES string of the molecule is NC(=O)c1cccnc1NCc1ccc(Cl)cc1. The molecule has 92 valence electrons. The fourth-order valence-corrected chi connectivity index (χ4v) is 1.66. The van der Waals surface area contributed by atoms with Crippen LogP contribution in [0.15, 0.2) is 42.6 Å². The molecule has 2 rings (SSSR count). The van der Waals surface area contributed by atoms with Crippen LogP contribution in [0.3, 0.4) is 0 Å². The molecule has 0 saturated heterocycles. The van der Waals surface area contributed by atoms with Crippen molar-refractivity contribution in [3.05, 3.63) is 58.7 Å². The van der Waals surface area contributed by atoms with E-state index in [-0.39, 0.29) is 0 Å². The Labute approximate surface area is 110 Å². The second-order valence-electron chi connectivity index (χ2n) is 3.74. The minimum absolute atomic E-state index is 0.381. The van der Waals surface area contributed by atoms with Crippen molar-refractivity contribution in [3.8, 4) is 0 Å². The maximum Gasteiger partial charge on any atom is 0.252 e. The smallest absolute Gasteiger partial charge is 0.252 e. The van der Waals surface area contributed by atoms with Crippen molar-refractivity contribution in [2.75, 3.05) is 5.32 Å². The molecule has 0 aliphatic heterocycles. The van der Waals surface area contributed by atoms with Gasteiger partial charge in [0.15, 0.2) is 0 Å². The van der Waals surface area contributed by atoms with Gasteiger partial charge in [-0.15, -0.1) is 0 Å². The van der Waals surface area contributed by atoms with Gasteiger partial charge in [-0.05, 0) is 29.8 Å². The van der Waals surface area contributed by atoms with Crippen LogP contribution in [0.5, 0.6) is 0 Å². The van der Waals surface area contributed by atoms with Crippen LogP contribution in [-0.2, 0) is 6.54 Å². The lowest BCUT2D eigenvalue weighted by molar-refractivity contribution is 0.100. The molecule has 18 heavy (non-hydrogen) atoms. The zero-order valence-corrected chi connectivity index (χ0v) is 10.3. The Morgan fingerprint density at radius 3 is 2.67 bits per heavy atom. The lowest BCUT2D eigenvalue weighted by atomic mass is 10.2. The Balaban J connectivity index is 2.10. The van der Waals surface area contributed by atoms with Gasteiger partial charge < -0.3 is 11.1 Å². The number of halogens is 1. The number of rotatable bonds is 4. The summed E-state index contributed by atoms with van der Waals surface area (Å²) in [7, 11) is 0. The summed E-state index contributed by atoms with van der Waals surface area (Å²) in [5.74, 6) is -0.0124. The van der Waals surface area contributed by atoms with Crippen molar-refractivity contribution in [3.63, 3.8) is 0 Å². The number of carbonyl (C=O) groups excluding carboxylic acids is 1. The number of primary amides is 1. The van der Waals surface area contributed by atoms with Crippen molar-refractivity contribution < 1.29 is 4.79 Å². The molecule has 0 aliphatic carbocycles. The van der Waals surface area contributed by atoms with E-state index in [4.69, 9.17) is 17.3 Å². The van der Waals surface area contributed by atoms with E-state index in [2.05, 4.69) is 10.3 Å². The number of pyridine rings is 1. The Hall–Kier alpha value is -2.07. The number of anilines is 1. The van der Waals surface area contributed by atoms with Crippen molar-refractivity contribution in [1.82, 2.24) is 4.98 Å². The van der Waals surface area contributed by atoms with Crippen LogP contribution in [0.25, 0.3) is 0 Å². The lowest BCUT2D eigenvalue weighted by Crippen LogP contribution is -2.15. The van der Waals surface area contributed by atoms with Crippen LogP contribution >= 0.6 is 11.6 Å². The van der Waals surface area contributed by atoms with Crippen LogP contribution in [0.1, 0.15) is 15.9 Å². The number of hydrogen-bond acceptors (Lipinski definition) is 3. The minimum atomic E-state index is -0.498. The summed E-state index contributed by atoms with van der Waals surface area (Å²) in [5, 5.41) is 3.76. The zero-order chi connectivity index (χ0) is 13.0.